The van der Waals surface area contributed by atoms with Crippen LogP contribution in [0.3, 0.4) is 0 Å². The Kier molecular flexibility index (Phi) is 11.6. The number of aliphatic hydroxyl groups is 1. The van der Waals surface area contributed by atoms with Gasteiger partial charge in [-0.25, -0.2) is 0 Å². The topological polar surface area (TPSA) is 138 Å². The van der Waals surface area contributed by atoms with Gasteiger partial charge in [-0.05, 0) is 32.1 Å². The molecule has 0 unspecified atom stereocenters. The van der Waals surface area contributed by atoms with E-state index < -0.39 is 47.7 Å². The van der Waals surface area contributed by atoms with Crippen LogP contribution in [0.1, 0.15) is 46.5 Å². The molecule has 1 spiro atoms. The van der Waals surface area contributed by atoms with E-state index in [9.17, 15) is 24.3 Å². The second-order valence-corrected chi connectivity index (χ2v) is 12.7. The molecule has 4 saturated heterocycles. The zero-order chi connectivity index (χ0) is 32.0. The minimum atomic E-state index is -1.20. The van der Waals surface area contributed by atoms with Gasteiger partial charge in [0.25, 0.3) is 0 Å². The number of carbonyl (C=O) groups excluding carboxylic acids is 4. The molecule has 0 aliphatic carbocycles. The third kappa shape index (κ3) is 6.88. The van der Waals surface area contributed by atoms with E-state index in [-0.39, 0.29) is 36.8 Å². The lowest BCUT2D eigenvalue weighted by Gasteiger charge is -2.40. The van der Waals surface area contributed by atoms with Crippen LogP contribution in [0.15, 0.2) is 25.3 Å². The second kappa shape index (κ2) is 15.0. The van der Waals surface area contributed by atoms with E-state index in [1.165, 1.54) is 4.90 Å². The number of ether oxygens (including phenoxy) is 3. The zero-order valence-electron chi connectivity index (χ0n) is 26.4. The number of nitrogens with zero attached hydrogens (tertiary/aromatic N) is 3. The summed E-state index contributed by atoms with van der Waals surface area (Å²) in [5.41, 5.74) is -1.20. The average Bonchev–Trinajstić information content (AvgIpc) is 3.65. The molecule has 4 rings (SSSR count). The number of nitrogens with one attached hydrogen (secondary N) is 1. The van der Waals surface area contributed by atoms with Crippen LogP contribution in [0.25, 0.3) is 0 Å². The highest BCUT2D eigenvalue weighted by Gasteiger charge is 2.75. The summed E-state index contributed by atoms with van der Waals surface area (Å²) in [6.45, 7) is 17.0. The lowest BCUT2D eigenvalue weighted by Crippen LogP contribution is -2.60. The maximum Gasteiger partial charge on any atom is 0.312 e. The lowest BCUT2D eigenvalue weighted by molar-refractivity contribution is -0.160. The zero-order valence-corrected chi connectivity index (χ0v) is 26.4. The molecule has 0 aromatic carbocycles. The third-order valence-corrected chi connectivity index (χ3v) is 9.49. The molecule has 12 nitrogen and oxygen atoms in total. The van der Waals surface area contributed by atoms with Crippen LogP contribution < -0.4 is 5.32 Å². The van der Waals surface area contributed by atoms with Crippen molar-refractivity contribution < 1.29 is 38.5 Å². The largest absolute Gasteiger partial charge is 0.460 e. The van der Waals surface area contributed by atoms with Gasteiger partial charge in [-0.3, -0.25) is 24.1 Å². The summed E-state index contributed by atoms with van der Waals surface area (Å²) in [7, 11) is 0. The maximum atomic E-state index is 14.5. The van der Waals surface area contributed by atoms with E-state index in [0.717, 1.165) is 13.1 Å². The minimum absolute atomic E-state index is 0.135. The van der Waals surface area contributed by atoms with Crippen LogP contribution in [-0.2, 0) is 33.4 Å². The van der Waals surface area contributed by atoms with Crippen molar-refractivity contribution in [3.8, 4) is 0 Å². The number of hydrogen-bond donors (Lipinski definition) is 2. The summed E-state index contributed by atoms with van der Waals surface area (Å²) < 4.78 is 17.8. The Morgan fingerprint density at radius 1 is 1.20 bits per heavy atom. The smallest absolute Gasteiger partial charge is 0.312 e. The molecule has 44 heavy (non-hydrogen) atoms. The second-order valence-electron chi connectivity index (χ2n) is 12.7. The lowest BCUT2D eigenvalue weighted by atomic mass is 9.70. The average molecular weight is 619 g/mol. The van der Waals surface area contributed by atoms with Gasteiger partial charge in [0.1, 0.15) is 17.7 Å². The molecule has 4 fully saturated rings. The molecule has 0 radical (unpaired) electrons. The van der Waals surface area contributed by atoms with Crippen molar-refractivity contribution in [3.05, 3.63) is 25.3 Å². The Labute approximate surface area is 260 Å². The molecule has 3 amide bonds. The number of rotatable bonds is 16. The molecule has 4 heterocycles. The fourth-order valence-corrected chi connectivity index (χ4v) is 7.22. The predicted octanol–water partition coefficient (Wildman–Crippen LogP) is 0.739. The van der Waals surface area contributed by atoms with E-state index in [0.29, 0.717) is 58.5 Å². The molecule has 7 atom stereocenters. The van der Waals surface area contributed by atoms with E-state index in [4.69, 9.17) is 14.2 Å². The van der Waals surface area contributed by atoms with Gasteiger partial charge in [0.05, 0.1) is 50.3 Å². The van der Waals surface area contributed by atoms with Gasteiger partial charge in [-0.1, -0.05) is 26.0 Å². The first-order valence-corrected chi connectivity index (χ1v) is 16.0. The normalized spacial score (nSPS) is 29.3. The van der Waals surface area contributed by atoms with Crippen LogP contribution in [0, 0.1) is 17.8 Å². The molecule has 4 aliphatic heterocycles. The molecular formula is C32H50N4O8. The molecule has 0 aromatic heterocycles. The molecule has 12 heteroatoms. The standard InChI is InChI=1S/C32H50N4O8/c1-6-8-9-25(38)33-19-22(5)43-31(41)26-24-10-11-32(44-24)27(26)29(39)36(23(20-37)21(3)4)28(32)30(40)35(12-7-2)14-13-34-15-17-42-18-16-34/h6-7,21-24,26-28,37H,1-2,8-20H2,3-5H3,(H,33,38)/t22-,23-,24-,26+,27+,28-,32+/m0/s1. The monoisotopic (exact) mass is 618 g/mol. The predicted molar refractivity (Wildman–Crippen MR) is 162 cm³/mol. The fourth-order valence-electron chi connectivity index (χ4n) is 7.22. The summed E-state index contributed by atoms with van der Waals surface area (Å²) in [5, 5.41) is 13.2. The van der Waals surface area contributed by atoms with E-state index in [1.54, 1.807) is 24.0 Å². The number of carbonyl (C=O) groups is 4. The van der Waals surface area contributed by atoms with Crippen LogP contribution in [-0.4, -0.2) is 132 Å². The fraction of sp³-hybridized carbons (Fsp3) is 0.750. The van der Waals surface area contributed by atoms with Gasteiger partial charge >= 0.3 is 5.97 Å². The number of aliphatic hydroxyl groups excluding tert-OH is 1. The molecule has 4 aliphatic rings. The van der Waals surface area contributed by atoms with Gasteiger partial charge in [-0.2, -0.15) is 0 Å². The minimum Gasteiger partial charge on any atom is -0.460 e. The molecular weight excluding hydrogens is 568 g/mol. The first-order valence-electron chi connectivity index (χ1n) is 16.0. The van der Waals surface area contributed by atoms with Crippen molar-refractivity contribution >= 4 is 23.7 Å². The summed E-state index contributed by atoms with van der Waals surface area (Å²) in [5.74, 6) is -3.31. The highest BCUT2D eigenvalue weighted by molar-refractivity contribution is 5.98. The molecule has 246 valence electrons. The number of fused-ring (bicyclic) bond motifs is 1. The first kappa shape index (κ1) is 34.1. The van der Waals surface area contributed by atoms with E-state index in [1.807, 2.05) is 13.8 Å². The number of amides is 3. The molecule has 2 bridgehead atoms. The SMILES string of the molecule is C=CCCC(=O)NC[C@H](C)OC(=O)[C@@H]1[C@@H]2CC[C@]3(O2)[C@H](C(=O)N(CC=C)CCN2CCOCC2)N([C@@H](CO)C(C)C)C(=O)[C@@H]13. The van der Waals surface area contributed by atoms with Crippen molar-refractivity contribution in [3.63, 3.8) is 0 Å². The molecule has 0 saturated carbocycles. The van der Waals surface area contributed by atoms with Crippen molar-refractivity contribution in [2.24, 2.45) is 17.8 Å². The number of morpholine rings is 1. The highest BCUT2D eigenvalue weighted by Crippen LogP contribution is 2.59. The quantitative estimate of drug-likeness (QED) is 0.190. The van der Waals surface area contributed by atoms with Gasteiger partial charge in [-0.15, -0.1) is 13.2 Å². The van der Waals surface area contributed by atoms with E-state index in [2.05, 4.69) is 23.4 Å². The number of allylic oxidation sites excluding steroid dienone is 1. The van der Waals surface area contributed by atoms with Crippen LogP contribution in [0.5, 0.6) is 0 Å². The number of hydrogen-bond acceptors (Lipinski definition) is 9. The van der Waals surface area contributed by atoms with Crippen LogP contribution >= 0.6 is 0 Å². The molecule has 0 aromatic rings. The van der Waals surface area contributed by atoms with Crippen molar-refractivity contribution in [1.29, 1.82) is 0 Å². The first-order chi connectivity index (χ1) is 21.1. The van der Waals surface area contributed by atoms with Crippen LogP contribution in [0.2, 0.25) is 0 Å². The Bertz CT molecular complexity index is 1080. The van der Waals surface area contributed by atoms with Gasteiger partial charge < -0.3 is 34.4 Å². The van der Waals surface area contributed by atoms with Crippen molar-refractivity contribution in [1.82, 2.24) is 20.0 Å². The molecule has 2 N–H and O–H groups in total. The summed E-state index contributed by atoms with van der Waals surface area (Å²) in [6, 6.07) is -1.63. The number of likely N-dealkylation sites (tertiary alicyclic amines) is 1. The van der Waals surface area contributed by atoms with Crippen molar-refractivity contribution in [2.45, 2.75) is 76.3 Å². The van der Waals surface area contributed by atoms with E-state index >= 15 is 0 Å². The Hall–Kier alpha value is -2.80. The highest BCUT2D eigenvalue weighted by atomic mass is 16.6. The Morgan fingerprint density at radius 3 is 2.57 bits per heavy atom. The Balaban J connectivity index is 1.57. The number of esters is 1. The van der Waals surface area contributed by atoms with Crippen molar-refractivity contribution in [2.75, 3.05) is 59.1 Å². The summed E-state index contributed by atoms with van der Waals surface area (Å²) in [4.78, 5) is 60.0. The van der Waals surface area contributed by atoms with Gasteiger partial charge in [0, 0.05) is 39.1 Å². The maximum absolute atomic E-state index is 14.5. The van der Waals surface area contributed by atoms with Gasteiger partial charge in [0.2, 0.25) is 17.7 Å². The summed E-state index contributed by atoms with van der Waals surface area (Å²) in [6.07, 6.45) is 3.95. The summed E-state index contributed by atoms with van der Waals surface area (Å²) >= 11 is 0. The third-order valence-electron chi connectivity index (χ3n) is 9.49. The Morgan fingerprint density at radius 2 is 1.93 bits per heavy atom. The van der Waals surface area contributed by atoms with Gasteiger partial charge in [0.15, 0.2) is 0 Å². The van der Waals surface area contributed by atoms with Crippen LogP contribution in [0.4, 0.5) is 0 Å².